The number of fused-ring (bicyclic) bond motifs is 1. The number of non-ortho nitro benzene ring substituents is 1. The average Bonchev–Trinajstić information content (AvgIpc) is 2.71. The first-order valence-corrected chi connectivity index (χ1v) is 11.1. The Morgan fingerprint density at radius 2 is 1.77 bits per heavy atom. The van der Waals surface area contributed by atoms with Crippen molar-refractivity contribution in [2.24, 2.45) is 0 Å². The summed E-state index contributed by atoms with van der Waals surface area (Å²) in [6.45, 7) is 1.68. The van der Waals surface area contributed by atoms with Gasteiger partial charge < -0.3 is 5.32 Å². The van der Waals surface area contributed by atoms with Gasteiger partial charge in [-0.2, -0.15) is 0 Å². The summed E-state index contributed by atoms with van der Waals surface area (Å²) in [6, 6.07) is 17.1. The maximum absolute atomic E-state index is 13.1. The van der Waals surface area contributed by atoms with E-state index >= 15 is 0 Å². The number of carbonyl (C=O) groups is 1. The quantitative estimate of drug-likeness (QED) is 0.454. The first kappa shape index (κ1) is 21.3. The highest BCUT2D eigenvalue weighted by molar-refractivity contribution is 7.92. The third-order valence-corrected chi connectivity index (χ3v) is 5.85. The van der Waals surface area contributed by atoms with Crippen molar-refractivity contribution in [2.45, 2.75) is 19.4 Å². The fourth-order valence-corrected chi connectivity index (χ4v) is 4.56. The van der Waals surface area contributed by atoms with Gasteiger partial charge in [0.15, 0.2) is 0 Å². The van der Waals surface area contributed by atoms with E-state index in [0.29, 0.717) is 5.69 Å². The van der Waals surface area contributed by atoms with E-state index < -0.39 is 26.9 Å². The van der Waals surface area contributed by atoms with Gasteiger partial charge in [0.05, 0.1) is 16.9 Å². The molecule has 0 aliphatic rings. The first-order chi connectivity index (χ1) is 14.2. The van der Waals surface area contributed by atoms with Crippen molar-refractivity contribution in [1.82, 2.24) is 0 Å². The second-order valence-electron chi connectivity index (χ2n) is 6.78. The van der Waals surface area contributed by atoms with Gasteiger partial charge in [0.25, 0.3) is 5.69 Å². The van der Waals surface area contributed by atoms with Gasteiger partial charge in [0, 0.05) is 23.2 Å². The number of nitro benzene ring substituents is 1. The lowest BCUT2D eigenvalue weighted by atomic mass is 10.1. The highest BCUT2D eigenvalue weighted by Gasteiger charge is 2.32. The zero-order valence-corrected chi connectivity index (χ0v) is 17.3. The molecule has 9 heteroatoms. The average molecular weight is 427 g/mol. The Hall–Kier alpha value is -3.46. The van der Waals surface area contributed by atoms with Crippen LogP contribution in [0.2, 0.25) is 0 Å². The summed E-state index contributed by atoms with van der Waals surface area (Å²) in [5.74, 6) is -0.522. The largest absolute Gasteiger partial charge is 0.324 e. The summed E-state index contributed by atoms with van der Waals surface area (Å²) in [7, 11) is -3.90. The molecule has 3 aromatic rings. The summed E-state index contributed by atoms with van der Waals surface area (Å²) >= 11 is 0. The summed E-state index contributed by atoms with van der Waals surface area (Å²) in [6.07, 6.45) is 1.14. The van der Waals surface area contributed by atoms with Gasteiger partial charge in [-0.1, -0.05) is 49.4 Å². The Balaban J connectivity index is 2.01. The van der Waals surface area contributed by atoms with Gasteiger partial charge in [-0.15, -0.1) is 0 Å². The SMILES string of the molecule is CC[C@@H](C(=O)Nc1cccc2ccccc12)N(c1cccc([N+](=O)[O-])c1)S(C)(=O)=O. The number of nitro groups is 1. The third kappa shape index (κ3) is 4.41. The van der Waals surface area contributed by atoms with Crippen LogP contribution in [0.3, 0.4) is 0 Å². The number of hydrogen-bond acceptors (Lipinski definition) is 5. The van der Waals surface area contributed by atoms with Crippen LogP contribution in [0.25, 0.3) is 10.8 Å². The standard InChI is InChI=1S/C21H21N3O5S/c1-3-20(21(25)22-19-13-6-9-15-8-4-5-12-18(15)19)23(30(2,28)29)16-10-7-11-17(14-16)24(26)27/h4-14,20H,3H2,1-2H3,(H,22,25)/t20-/m0/s1. The zero-order valence-electron chi connectivity index (χ0n) is 16.5. The van der Waals surface area contributed by atoms with E-state index in [4.69, 9.17) is 0 Å². The van der Waals surface area contributed by atoms with Gasteiger partial charge in [0.2, 0.25) is 15.9 Å². The van der Waals surface area contributed by atoms with Crippen LogP contribution < -0.4 is 9.62 Å². The Morgan fingerprint density at radius 3 is 2.43 bits per heavy atom. The van der Waals surface area contributed by atoms with E-state index in [1.807, 2.05) is 30.3 Å². The number of amides is 1. The molecule has 1 atom stereocenters. The molecular weight excluding hydrogens is 406 g/mol. The number of carbonyl (C=O) groups excluding carboxylic acids is 1. The molecule has 0 aromatic heterocycles. The van der Waals surface area contributed by atoms with Crippen molar-refractivity contribution in [3.05, 3.63) is 76.8 Å². The van der Waals surface area contributed by atoms with E-state index in [-0.39, 0.29) is 17.8 Å². The van der Waals surface area contributed by atoms with E-state index in [2.05, 4.69) is 5.32 Å². The molecule has 0 heterocycles. The lowest BCUT2D eigenvalue weighted by Crippen LogP contribution is -2.47. The second kappa shape index (κ2) is 8.50. The molecule has 0 bridgehead atoms. The fraction of sp³-hybridized carbons (Fsp3) is 0.190. The van der Waals surface area contributed by atoms with Crippen LogP contribution in [-0.4, -0.2) is 31.5 Å². The monoisotopic (exact) mass is 427 g/mol. The Bertz CT molecular complexity index is 1200. The molecule has 0 saturated carbocycles. The van der Waals surface area contributed by atoms with Crippen molar-refractivity contribution < 1.29 is 18.1 Å². The molecule has 0 unspecified atom stereocenters. The molecule has 3 aromatic carbocycles. The topological polar surface area (TPSA) is 110 Å². The molecule has 1 amide bonds. The lowest BCUT2D eigenvalue weighted by Gasteiger charge is -2.30. The summed E-state index contributed by atoms with van der Waals surface area (Å²) in [4.78, 5) is 23.6. The minimum Gasteiger partial charge on any atom is -0.324 e. The minimum absolute atomic E-state index is 0.0617. The molecule has 3 rings (SSSR count). The Labute approximate surface area is 174 Å². The first-order valence-electron chi connectivity index (χ1n) is 9.25. The molecule has 30 heavy (non-hydrogen) atoms. The van der Waals surface area contributed by atoms with Crippen LogP contribution >= 0.6 is 0 Å². The van der Waals surface area contributed by atoms with Crippen molar-refractivity contribution in [3.8, 4) is 0 Å². The van der Waals surface area contributed by atoms with Gasteiger partial charge >= 0.3 is 0 Å². The van der Waals surface area contributed by atoms with E-state index in [1.165, 1.54) is 18.2 Å². The molecule has 1 N–H and O–H groups in total. The van der Waals surface area contributed by atoms with Crippen molar-refractivity contribution >= 4 is 43.8 Å². The smallest absolute Gasteiger partial charge is 0.271 e. The van der Waals surface area contributed by atoms with E-state index in [0.717, 1.165) is 27.4 Å². The number of sulfonamides is 1. The maximum Gasteiger partial charge on any atom is 0.271 e. The molecule has 0 aliphatic carbocycles. The molecule has 0 radical (unpaired) electrons. The summed E-state index contributed by atoms with van der Waals surface area (Å²) in [5.41, 5.74) is 0.362. The van der Waals surface area contributed by atoms with Crippen molar-refractivity contribution in [3.63, 3.8) is 0 Å². The van der Waals surface area contributed by atoms with Crippen molar-refractivity contribution in [2.75, 3.05) is 15.9 Å². The van der Waals surface area contributed by atoms with Crippen LogP contribution in [0.1, 0.15) is 13.3 Å². The number of nitrogens with one attached hydrogen (secondary N) is 1. The van der Waals surface area contributed by atoms with Crippen LogP contribution in [-0.2, 0) is 14.8 Å². The molecule has 8 nitrogen and oxygen atoms in total. The Morgan fingerprint density at radius 1 is 1.10 bits per heavy atom. The summed E-state index contributed by atoms with van der Waals surface area (Å²) in [5, 5.41) is 15.7. The molecule has 0 aliphatic heterocycles. The number of hydrogen-bond donors (Lipinski definition) is 1. The van der Waals surface area contributed by atoms with E-state index in [9.17, 15) is 23.3 Å². The van der Waals surface area contributed by atoms with Crippen LogP contribution in [0.4, 0.5) is 17.1 Å². The highest BCUT2D eigenvalue weighted by atomic mass is 32.2. The molecule has 156 valence electrons. The van der Waals surface area contributed by atoms with Crippen LogP contribution in [0.15, 0.2) is 66.7 Å². The Kier molecular flexibility index (Phi) is 6.02. The maximum atomic E-state index is 13.1. The predicted molar refractivity (Wildman–Crippen MR) is 117 cm³/mol. The van der Waals surface area contributed by atoms with Crippen LogP contribution in [0, 0.1) is 10.1 Å². The van der Waals surface area contributed by atoms with Crippen molar-refractivity contribution in [1.29, 1.82) is 0 Å². The number of rotatable bonds is 7. The highest BCUT2D eigenvalue weighted by Crippen LogP contribution is 2.28. The third-order valence-electron chi connectivity index (χ3n) is 4.67. The molecular formula is C21H21N3O5S. The minimum atomic E-state index is -3.90. The zero-order chi connectivity index (χ0) is 21.9. The molecule has 0 fully saturated rings. The van der Waals surface area contributed by atoms with E-state index in [1.54, 1.807) is 19.1 Å². The number of nitrogens with zero attached hydrogens (tertiary/aromatic N) is 2. The second-order valence-corrected chi connectivity index (χ2v) is 8.64. The number of anilines is 2. The van der Waals surface area contributed by atoms with Gasteiger partial charge in [-0.25, -0.2) is 8.42 Å². The fourth-order valence-electron chi connectivity index (χ4n) is 3.35. The van der Waals surface area contributed by atoms with Gasteiger partial charge in [-0.05, 0) is 23.9 Å². The predicted octanol–water partition coefficient (Wildman–Crippen LogP) is 3.93. The normalized spacial score (nSPS) is 12.3. The molecule has 0 spiro atoms. The van der Waals surface area contributed by atoms with Gasteiger partial charge in [0.1, 0.15) is 6.04 Å². The number of benzene rings is 3. The molecule has 0 saturated heterocycles. The summed E-state index contributed by atoms with van der Waals surface area (Å²) < 4.78 is 26.0. The van der Waals surface area contributed by atoms with Gasteiger partial charge in [-0.3, -0.25) is 19.2 Å². The lowest BCUT2D eigenvalue weighted by molar-refractivity contribution is -0.384. The van der Waals surface area contributed by atoms with Crippen LogP contribution in [0.5, 0.6) is 0 Å².